The molecule has 0 saturated heterocycles. The summed E-state index contributed by atoms with van der Waals surface area (Å²) in [7, 11) is -3.92. The number of hydrogen-bond donors (Lipinski definition) is 3. The van der Waals surface area contributed by atoms with Crippen LogP contribution in [0.2, 0.25) is 0 Å². The first-order chi connectivity index (χ1) is 13.8. The van der Waals surface area contributed by atoms with Crippen molar-refractivity contribution >= 4 is 21.8 Å². The normalized spacial score (nSPS) is 12.2. The molecule has 2 aromatic rings. The molecule has 7 nitrogen and oxygen atoms in total. The Hall–Kier alpha value is -2.71. The maximum Gasteiger partial charge on any atom is 0.256 e. The van der Waals surface area contributed by atoms with Crippen LogP contribution in [0, 0.1) is 6.92 Å². The minimum absolute atomic E-state index is 0.0703. The molecule has 0 saturated carbocycles. The molecule has 2 aromatic carbocycles. The van der Waals surface area contributed by atoms with E-state index >= 15 is 0 Å². The fourth-order valence-electron chi connectivity index (χ4n) is 2.63. The van der Waals surface area contributed by atoms with Crippen molar-refractivity contribution in [1.29, 1.82) is 0 Å². The van der Waals surface area contributed by atoms with Gasteiger partial charge in [-0.3, -0.25) is 20.4 Å². The third-order valence-corrected chi connectivity index (χ3v) is 5.80. The Balaban J connectivity index is 2.14. The van der Waals surface area contributed by atoms with Gasteiger partial charge in [0.1, 0.15) is 6.04 Å². The van der Waals surface area contributed by atoms with Crippen molar-refractivity contribution in [1.82, 2.24) is 15.6 Å². The third-order valence-electron chi connectivity index (χ3n) is 4.31. The lowest BCUT2D eigenvalue weighted by atomic mass is 10.1. The molecule has 0 aliphatic carbocycles. The molecule has 156 valence electrons. The van der Waals surface area contributed by atoms with E-state index in [1.165, 1.54) is 12.1 Å². The molecule has 0 aliphatic heterocycles. The van der Waals surface area contributed by atoms with Gasteiger partial charge < -0.3 is 0 Å². The number of sulfonamides is 1. The Morgan fingerprint density at radius 1 is 0.966 bits per heavy atom. The van der Waals surface area contributed by atoms with Gasteiger partial charge in [0.15, 0.2) is 0 Å². The second-order valence-corrected chi connectivity index (χ2v) is 8.53. The number of unbranched alkanes of at least 4 members (excludes halogenated alkanes) is 1. The minimum Gasteiger partial charge on any atom is -0.273 e. The molecule has 1 atom stereocenters. The maximum absolute atomic E-state index is 12.7. The highest BCUT2D eigenvalue weighted by molar-refractivity contribution is 7.89. The molecule has 29 heavy (non-hydrogen) atoms. The van der Waals surface area contributed by atoms with Gasteiger partial charge in [-0.25, -0.2) is 8.42 Å². The van der Waals surface area contributed by atoms with Crippen LogP contribution in [0.1, 0.15) is 37.3 Å². The van der Waals surface area contributed by atoms with Crippen molar-refractivity contribution in [2.24, 2.45) is 0 Å². The first-order valence-corrected chi connectivity index (χ1v) is 11.0. The van der Waals surface area contributed by atoms with Crippen molar-refractivity contribution in [2.75, 3.05) is 0 Å². The van der Waals surface area contributed by atoms with Gasteiger partial charge in [-0.15, -0.1) is 0 Å². The van der Waals surface area contributed by atoms with E-state index < -0.39 is 22.0 Å². The number of benzene rings is 2. The summed E-state index contributed by atoms with van der Waals surface area (Å²) in [5, 5.41) is 0. The van der Waals surface area contributed by atoms with Crippen LogP contribution < -0.4 is 15.6 Å². The van der Waals surface area contributed by atoms with E-state index in [2.05, 4.69) is 15.6 Å². The van der Waals surface area contributed by atoms with E-state index in [9.17, 15) is 18.0 Å². The molecule has 0 aliphatic rings. The first-order valence-electron chi connectivity index (χ1n) is 9.53. The lowest BCUT2D eigenvalue weighted by Gasteiger charge is -2.19. The second kappa shape index (κ2) is 10.7. The average Bonchev–Trinajstić information content (AvgIpc) is 2.71. The first kappa shape index (κ1) is 22.6. The molecular weight excluding hydrogens is 390 g/mol. The van der Waals surface area contributed by atoms with Crippen LogP contribution in [0.3, 0.4) is 0 Å². The zero-order chi connectivity index (χ0) is 21.3. The topological polar surface area (TPSA) is 104 Å². The van der Waals surface area contributed by atoms with Crippen LogP contribution in [0.15, 0.2) is 59.5 Å². The van der Waals surface area contributed by atoms with Gasteiger partial charge >= 0.3 is 0 Å². The Morgan fingerprint density at radius 2 is 1.62 bits per heavy atom. The van der Waals surface area contributed by atoms with E-state index in [-0.39, 0.29) is 23.6 Å². The van der Waals surface area contributed by atoms with E-state index in [1.54, 1.807) is 24.3 Å². The summed E-state index contributed by atoms with van der Waals surface area (Å²) >= 11 is 0. The van der Waals surface area contributed by atoms with Crippen LogP contribution in [0.5, 0.6) is 0 Å². The van der Waals surface area contributed by atoms with Crippen molar-refractivity contribution in [3.8, 4) is 0 Å². The molecule has 2 amide bonds. The number of hydrazine groups is 1. The highest BCUT2D eigenvalue weighted by Gasteiger charge is 2.26. The third kappa shape index (κ3) is 7.32. The fraction of sp³-hybridized carbons (Fsp3) is 0.333. The summed E-state index contributed by atoms with van der Waals surface area (Å²) < 4.78 is 28.0. The Morgan fingerprint density at radius 3 is 2.24 bits per heavy atom. The maximum atomic E-state index is 12.7. The van der Waals surface area contributed by atoms with E-state index in [0.29, 0.717) is 6.42 Å². The highest BCUT2D eigenvalue weighted by atomic mass is 32.2. The molecule has 1 unspecified atom stereocenters. The summed E-state index contributed by atoms with van der Waals surface area (Å²) in [6.07, 6.45) is 1.99. The zero-order valence-electron chi connectivity index (χ0n) is 16.6. The SMILES string of the molecule is CCCCC(=O)NNC(=O)C(Cc1ccccc1)NS(=O)(=O)c1ccc(C)cc1. The summed E-state index contributed by atoms with van der Waals surface area (Å²) in [4.78, 5) is 24.5. The van der Waals surface area contributed by atoms with Gasteiger partial charge in [-0.2, -0.15) is 4.72 Å². The second-order valence-electron chi connectivity index (χ2n) is 6.82. The number of carbonyl (C=O) groups is 2. The quantitative estimate of drug-likeness (QED) is 0.544. The van der Waals surface area contributed by atoms with E-state index in [0.717, 1.165) is 17.5 Å². The summed E-state index contributed by atoms with van der Waals surface area (Å²) in [5.41, 5.74) is 6.39. The highest BCUT2D eigenvalue weighted by Crippen LogP contribution is 2.12. The van der Waals surface area contributed by atoms with Crippen molar-refractivity contribution in [3.63, 3.8) is 0 Å². The Bertz CT molecular complexity index is 913. The minimum atomic E-state index is -3.92. The molecule has 0 fully saturated rings. The van der Waals surface area contributed by atoms with Crippen molar-refractivity contribution in [2.45, 2.75) is 50.5 Å². The largest absolute Gasteiger partial charge is 0.273 e. The molecule has 2 rings (SSSR count). The molecule has 3 N–H and O–H groups in total. The lowest BCUT2D eigenvalue weighted by molar-refractivity contribution is -0.129. The molecule has 8 heteroatoms. The molecule has 0 spiro atoms. The zero-order valence-corrected chi connectivity index (χ0v) is 17.5. The monoisotopic (exact) mass is 417 g/mol. The number of aryl methyl sites for hydroxylation is 1. The number of nitrogens with one attached hydrogen (secondary N) is 3. The van der Waals surface area contributed by atoms with Crippen molar-refractivity contribution in [3.05, 3.63) is 65.7 Å². The fourth-order valence-corrected chi connectivity index (χ4v) is 3.82. The molecule has 0 radical (unpaired) electrons. The number of hydrogen-bond acceptors (Lipinski definition) is 4. The predicted octanol–water partition coefficient (Wildman–Crippen LogP) is 2.22. The van der Waals surface area contributed by atoms with Crippen LogP contribution in [0.4, 0.5) is 0 Å². The van der Waals surface area contributed by atoms with Crippen LogP contribution in [-0.4, -0.2) is 26.3 Å². The standard InChI is InChI=1S/C21H27N3O4S/c1-3-4-10-20(25)22-23-21(26)19(15-17-8-6-5-7-9-17)24-29(27,28)18-13-11-16(2)12-14-18/h5-9,11-14,19,24H,3-4,10,15H2,1-2H3,(H,22,25)(H,23,26). The summed E-state index contributed by atoms with van der Waals surface area (Å²) in [6, 6.07) is 14.3. The lowest BCUT2D eigenvalue weighted by Crippen LogP contribution is -2.53. The van der Waals surface area contributed by atoms with Gasteiger partial charge in [-0.05, 0) is 37.5 Å². The van der Waals surface area contributed by atoms with Gasteiger partial charge in [0, 0.05) is 6.42 Å². The average molecular weight is 418 g/mol. The smallest absolute Gasteiger partial charge is 0.256 e. The number of rotatable bonds is 9. The van der Waals surface area contributed by atoms with E-state index in [4.69, 9.17) is 0 Å². The van der Waals surface area contributed by atoms with Gasteiger partial charge in [0.2, 0.25) is 15.9 Å². The van der Waals surface area contributed by atoms with Gasteiger partial charge in [0.25, 0.3) is 5.91 Å². The van der Waals surface area contributed by atoms with Crippen molar-refractivity contribution < 1.29 is 18.0 Å². The molecule has 0 heterocycles. The number of carbonyl (C=O) groups excluding carboxylic acids is 2. The molecular formula is C21H27N3O4S. The van der Waals surface area contributed by atoms with Crippen LogP contribution >= 0.6 is 0 Å². The molecule has 0 bridgehead atoms. The predicted molar refractivity (Wildman–Crippen MR) is 111 cm³/mol. The van der Waals surface area contributed by atoms with Crippen LogP contribution in [-0.2, 0) is 26.0 Å². The van der Waals surface area contributed by atoms with Crippen LogP contribution in [0.25, 0.3) is 0 Å². The van der Waals surface area contributed by atoms with Gasteiger partial charge in [0.05, 0.1) is 4.90 Å². The van der Waals surface area contributed by atoms with E-state index in [1.807, 2.05) is 32.0 Å². The van der Waals surface area contributed by atoms with Gasteiger partial charge in [-0.1, -0.05) is 61.4 Å². The summed E-state index contributed by atoms with van der Waals surface area (Å²) in [5.74, 6) is -0.950. The molecule has 0 aromatic heterocycles. The Labute approximate surface area is 171 Å². The number of amides is 2. The Kier molecular flexibility index (Phi) is 8.35. The summed E-state index contributed by atoms with van der Waals surface area (Å²) in [6.45, 7) is 3.82.